The third-order valence-electron chi connectivity index (χ3n) is 2.43. The molecule has 0 spiro atoms. The highest BCUT2D eigenvalue weighted by Crippen LogP contribution is 2.16. The van der Waals surface area contributed by atoms with Crippen molar-refractivity contribution in [1.82, 2.24) is 0 Å². The summed E-state index contributed by atoms with van der Waals surface area (Å²) >= 11 is 3.29. The van der Waals surface area contributed by atoms with Crippen LogP contribution >= 0.6 is 15.9 Å². The van der Waals surface area contributed by atoms with Crippen molar-refractivity contribution in [3.8, 4) is 0 Å². The first kappa shape index (κ1) is 14.9. The van der Waals surface area contributed by atoms with Crippen LogP contribution in [-0.2, 0) is 15.6 Å². The first-order valence-electron chi connectivity index (χ1n) is 5.74. The molecule has 1 N–H and O–H groups in total. The number of amides is 1. The second-order valence-electron chi connectivity index (χ2n) is 4.01. The van der Waals surface area contributed by atoms with E-state index in [1.54, 1.807) is 18.2 Å². The number of hydrogen-bond acceptors (Lipinski definition) is 2. The van der Waals surface area contributed by atoms with Crippen LogP contribution in [0.3, 0.4) is 0 Å². The molecule has 0 heterocycles. The molecule has 6 heteroatoms. The number of nitrogens with one attached hydrogen (secondary N) is 1. The predicted molar refractivity (Wildman–Crippen MR) is 80.4 cm³/mol. The number of rotatable bonds is 4. The second kappa shape index (κ2) is 6.76. The van der Waals surface area contributed by atoms with Crippen molar-refractivity contribution in [2.75, 3.05) is 11.1 Å². The van der Waals surface area contributed by atoms with Gasteiger partial charge in [-0.05, 0) is 36.4 Å². The Bertz CT molecular complexity index is 663. The molecule has 0 aliphatic carbocycles. The Morgan fingerprint density at radius 1 is 1.20 bits per heavy atom. The molecule has 2 aromatic carbocycles. The molecule has 1 amide bonds. The molecule has 0 aromatic heterocycles. The van der Waals surface area contributed by atoms with Gasteiger partial charge in [0, 0.05) is 15.1 Å². The summed E-state index contributed by atoms with van der Waals surface area (Å²) in [6.45, 7) is 0. The van der Waals surface area contributed by atoms with Gasteiger partial charge in [0.25, 0.3) is 0 Å². The zero-order chi connectivity index (χ0) is 14.5. The summed E-state index contributed by atoms with van der Waals surface area (Å²) in [5.74, 6) is -1.07. The number of carbonyl (C=O) groups is 1. The molecule has 20 heavy (non-hydrogen) atoms. The van der Waals surface area contributed by atoms with Gasteiger partial charge in [0.1, 0.15) is 11.6 Å². The summed E-state index contributed by atoms with van der Waals surface area (Å²) in [5, 5.41) is 2.64. The first-order chi connectivity index (χ1) is 9.54. The lowest BCUT2D eigenvalue weighted by Gasteiger charge is -2.06. The van der Waals surface area contributed by atoms with Gasteiger partial charge in [-0.15, -0.1) is 0 Å². The number of carbonyl (C=O) groups excluding carboxylic acids is 1. The van der Waals surface area contributed by atoms with Gasteiger partial charge in [-0.25, -0.2) is 4.39 Å². The lowest BCUT2D eigenvalue weighted by atomic mass is 10.3. The van der Waals surface area contributed by atoms with Crippen LogP contribution in [-0.4, -0.2) is 15.9 Å². The van der Waals surface area contributed by atoms with Crippen molar-refractivity contribution < 1.29 is 13.4 Å². The lowest BCUT2D eigenvalue weighted by Crippen LogP contribution is -2.19. The van der Waals surface area contributed by atoms with Crippen LogP contribution < -0.4 is 5.32 Å². The summed E-state index contributed by atoms with van der Waals surface area (Å²) in [7, 11) is -1.57. The van der Waals surface area contributed by atoms with Gasteiger partial charge in [-0.3, -0.25) is 9.00 Å². The third-order valence-corrected chi connectivity index (χ3v) is 4.23. The molecule has 104 valence electrons. The molecular formula is C14H11BrFNO2S. The molecule has 1 unspecified atom stereocenters. The van der Waals surface area contributed by atoms with Crippen molar-refractivity contribution in [2.45, 2.75) is 4.90 Å². The van der Waals surface area contributed by atoms with Gasteiger partial charge >= 0.3 is 0 Å². The van der Waals surface area contributed by atoms with Crippen LogP contribution in [0.1, 0.15) is 0 Å². The van der Waals surface area contributed by atoms with Gasteiger partial charge in [0.15, 0.2) is 0 Å². The smallest absolute Gasteiger partial charge is 0.237 e. The number of benzene rings is 2. The van der Waals surface area contributed by atoms with Crippen LogP contribution in [0.15, 0.2) is 57.9 Å². The fourth-order valence-corrected chi connectivity index (χ4v) is 2.92. The fraction of sp³-hybridized carbons (Fsp3) is 0.0714. The molecule has 0 aliphatic rings. The standard InChI is InChI=1S/C14H11BrFNO2S/c15-10-3-1-5-12(7-10)17-14(18)9-20(19)13-6-2-4-11(16)8-13/h1-8H,9H2,(H,17,18). The second-order valence-corrected chi connectivity index (χ2v) is 6.37. The SMILES string of the molecule is O=C(CS(=O)c1cccc(F)c1)Nc1cccc(Br)c1. The average molecular weight is 356 g/mol. The van der Waals surface area contributed by atoms with Gasteiger partial charge < -0.3 is 5.32 Å². The predicted octanol–water partition coefficient (Wildman–Crippen LogP) is 3.33. The van der Waals surface area contributed by atoms with Crippen molar-refractivity contribution in [1.29, 1.82) is 0 Å². The molecule has 1 atom stereocenters. The molecule has 0 saturated carbocycles. The maximum Gasteiger partial charge on any atom is 0.237 e. The summed E-state index contributed by atoms with van der Waals surface area (Å²) in [6, 6.07) is 12.5. The van der Waals surface area contributed by atoms with Gasteiger partial charge in [-0.1, -0.05) is 28.1 Å². The molecule has 0 aliphatic heterocycles. The van der Waals surface area contributed by atoms with E-state index in [1.807, 2.05) is 6.07 Å². The molecule has 0 radical (unpaired) electrons. The van der Waals surface area contributed by atoms with Crippen molar-refractivity contribution in [3.63, 3.8) is 0 Å². The van der Waals surface area contributed by atoms with Crippen molar-refractivity contribution >= 4 is 38.3 Å². The fourth-order valence-electron chi connectivity index (χ4n) is 1.57. The monoisotopic (exact) mass is 355 g/mol. The van der Waals surface area contributed by atoms with Gasteiger partial charge in [-0.2, -0.15) is 0 Å². The molecule has 3 nitrogen and oxygen atoms in total. The summed E-state index contributed by atoms with van der Waals surface area (Å²) < 4.78 is 25.8. The largest absolute Gasteiger partial charge is 0.325 e. The highest BCUT2D eigenvalue weighted by Gasteiger charge is 2.11. The summed E-state index contributed by atoms with van der Waals surface area (Å²) in [6.07, 6.45) is 0. The minimum atomic E-state index is -1.57. The molecule has 2 rings (SSSR count). The maximum atomic E-state index is 13.0. The van der Waals surface area contributed by atoms with Crippen molar-refractivity contribution in [3.05, 3.63) is 58.8 Å². The van der Waals surface area contributed by atoms with Crippen LogP contribution in [0.5, 0.6) is 0 Å². The van der Waals surface area contributed by atoms with Crippen LogP contribution in [0, 0.1) is 5.82 Å². The van der Waals surface area contributed by atoms with E-state index >= 15 is 0 Å². The normalized spacial score (nSPS) is 11.9. The van der Waals surface area contributed by atoms with Crippen LogP contribution in [0.4, 0.5) is 10.1 Å². The van der Waals surface area contributed by atoms with Crippen LogP contribution in [0.2, 0.25) is 0 Å². The highest BCUT2D eigenvalue weighted by atomic mass is 79.9. The maximum absolute atomic E-state index is 13.0. The number of hydrogen-bond donors (Lipinski definition) is 1. The number of anilines is 1. The Morgan fingerprint density at radius 3 is 2.65 bits per heavy atom. The van der Waals surface area contributed by atoms with E-state index in [0.29, 0.717) is 10.6 Å². The van der Waals surface area contributed by atoms with Gasteiger partial charge in [0.2, 0.25) is 5.91 Å². The summed E-state index contributed by atoms with van der Waals surface area (Å²) in [4.78, 5) is 12.1. The van der Waals surface area contributed by atoms with E-state index in [0.717, 1.165) is 4.47 Å². The third kappa shape index (κ3) is 4.25. The minimum absolute atomic E-state index is 0.212. The summed E-state index contributed by atoms with van der Waals surface area (Å²) in [5.41, 5.74) is 0.612. The van der Waals surface area contributed by atoms with E-state index in [2.05, 4.69) is 21.2 Å². The minimum Gasteiger partial charge on any atom is -0.325 e. The molecule has 0 fully saturated rings. The van der Waals surface area contributed by atoms with Crippen LogP contribution in [0.25, 0.3) is 0 Å². The van der Waals surface area contributed by atoms with E-state index in [-0.39, 0.29) is 11.7 Å². The Labute approximate surface area is 126 Å². The molecule has 0 bridgehead atoms. The van der Waals surface area contributed by atoms with Crippen molar-refractivity contribution in [2.24, 2.45) is 0 Å². The van der Waals surface area contributed by atoms with E-state index in [4.69, 9.17) is 0 Å². The topological polar surface area (TPSA) is 46.2 Å². The van der Waals surface area contributed by atoms with Gasteiger partial charge in [0.05, 0.1) is 10.8 Å². The molecular weight excluding hydrogens is 345 g/mol. The molecule has 2 aromatic rings. The zero-order valence-corrected chi connectivity index (χ0v) is 12.7. The first-order valence-corrected chi connectivity index (χ1v) is 7.85. The Kier molecular flexibility index (Phi) is 5.03. The zero-order valence-electron chi connectivity index (χ0n) is 10.3. The van der Waals surface area contributed by atoms with E-state index in [9.17, 15) is 13.4 Å². The molecule has 0 saturated heterocycles. The average Bonchev–Trinajstić information content (AvgIpc) is 2.38. The number of halogens is 2. The Balaban J connectivity index is 1.99. The Hall–Kier alpha value is -1.53. The highest BCUT2D eigenvalue weighted by molar-refractivity contribution is 9.10. The van der Waals surface area contributed by atoms with E-state index in [1.165, 1.54) is 24.3 Å². The quantitative estimate of drug-likeness (QED) is 0.914. The lowest BCUT2D eigenvalue weighted by molar-refractivity contribution is -0.113. The Morgan fingerprint density at radius 2 is 1.95 bits per heavy atom. The van der Waals surface area contributed by atoms with E-state index < -0.39 is 16.6 Å².